The van der Waals surface area contributed by atoms with Crippen LogP contribution in [-0.4, -0.2) is 48.7 Å². The van der Waals surface area contributed by atoms with Crippen LogP contribution in [0, 0.1) is 0 Å². The van der Waals surface area contributed by atoms with Crippen molar-refractivity contribution in [3.05, 3.63) is 60.2 Å². The average Bonchev–Trinajstić information content (AvgIpc) is 2.66. The minimum absolute atomic E-state index is 0. The molecule has 5 nitrogen and oxygen atoms in total. The number of phenols is 1. The monoisotopic (exact) mass is 466 g/mol. The van der Waals surface area contributed by atoms with E-state index in [-0.39, 0.29) is 29.7 Å². The van der Waals surface area contributed by atoms with Crippen molar-refractivity contribution in [2.24, 2.45) is 4.99 Å². The molecule has 140 valence electrons. The quantitative estimate of drug-likeness (QED) is 0.413. The van der Waals surface area contributed by atoms with E-state index in [1.807, 2.05) is 12.1 Å². The van der Waals surface area contributed by atoms with Crippen molar-refractivity contribution < 1.29 is 5.11 Å². The summed E-state index contributed by atoms with van der Waals surface area (Å²) in [6.07, 6.45) is 0. The number of hydrogen-bond donors (Lipinski definition) is 2. The number of benzene rings is 2. The van der Waals surface area contributed by atoms with Gasteiger partial charge in [-0.2, -0.15) is 0 Å². The largest absolute Gasteiger partial charge is 0.508 e. The number of nitrogens with one attached hydrogen (secondary N) is 1. The fourth-order valence-electron chi connectivity index (χ4n) is 3.06. The molecule has 26 heavy (non-hydrogen) atoms. The number of guanidine groups is 1. The highest BCUT2D eigenvalue weighted by Gasteiger charge is 2.19. The Morgan fingerprint density at radius 2 is 1.77 bits per heavy atom. The van der Waals surface area contributed by atoms with Crippen LogP contribution in [0.25, 0.3) is 0 Å². The zero-order valence-corrected chi connectivity index (χ0v) is 17.5. The van der Waals surface area contributed by atoms with Crippen molar-refractivity contribution in [2.45, 2.75) is 13.5 Å². The topological polar surface area (TPSA) is 51.1 Å². The number of halogens is 1. The lowest BCUT2D eigenvalue weighted by Gasteiger charge is -2.37. The second-order valence-electron chi connectivity index (χ2n) is 6.15. The number of aromatic hydroxyl groups is 1. The molecule has 2 N–H and O–H groups in total. The third-order valence-electron chi connectivity index (χ3n) is 4.36. The summed E-state index contributed by atoms with van der Waals surface area (Å²) in [6.45, 7) is 7.36. The Hall–Kier alpha value is -1.96. The lowest BCUT2D eigenvalue weighted by Crippen LogP contribution is -2.52. The normalized spacial score (nSPS) is 14.7. The first kappa shape index (κ1) is 20.4. The summed E-state index contributed by atoms with van der Waals surface area (Å²) in [6, 6.07) is 17.8. The van der Waals surface area contributed by atoms with Gasteiger partial charge < -0.3 is 20.2 Å². The van der Waals surface area contributed by atoms with Crippen LogP contribution in [0.1, 0.15) is 12.5 Å². The summed E-state index contributed by atoms with van der Waals surface area (Å²) < 4.78 is 0. The minimum Gasteiger partial charge on any atom is -0.508 e. The zero-order chi connectivity index (χ0) is 17.5. The number of anilines is 1. The van der Waals surface area contributed by atoms with Crippen molar-refractivity contribution in [3.8, 4) is 5.75 Å². The zero-order valence-electron chi connectivity index (χ0n) is 15.1. The van der Waals surface area contributed by atoms with Gasteiger partial charge in [0.05, 0.1) is 6.54 Å². The first-order valence-electron chi connectivity index (χ1n) is 8.87. The molecule has 6 heteroatoms. The number of para-hydroxylation sites is 1. The van der Waals surface area contributed by atoms with Gasteiger partial charge >= 0.3 is 0 Å². The summed E-state index contributed by atoms with van der Waals surface area (Å²) in [7, 11) is 0. The molecular weight excluding hydrogens is 439 g/mol. The molecule has 0 unspecified atom stereocenters. The smallest absolute Gasteiger partial charge is 0.194 e. The molecule has 1 aliphatic heterocycles. The number of phenolic OH excluding ortho intramolecular Hbond substituents is 1. The van der Waals surface area contributed by atoms with Crippen molar-refractivity contribution in [1.82, 2.24) is 10.2 Å². The number of piperazine rings is 1. The molecule has 0 saturated carbocycles. The lowest BCUT2D eigenvalue weighted by molar-refractivity contribution is 0.372. The van der Waals surface area contributed by atoms with Crippen LogP contribution in [0.4, 0.5) is 5.69 Å². The van der Waals surface area contributed by atoms with Gasteiger partial charge in [0.1, 0.15) is 5.75 Å². The molecule has 1 heterocycles. The molecule has 2 aromatic rings. The summed E-state index contributed by atoms with van der Waals surface area (Å²) in [5, 5.41) is 13.0. The highest BCUT2D eigenvalue weighted by Crippen LogP contribution is 2.16. The number of aliphatic imine (C=N–C) groups is 1. The van der Waals surface area contributed by atoms with E-state index in [4.69, 9.17) is 4.99 Å². The van der Waals surface area contributed by atoms with Gasteiger partial charge in [-0.15, -0.1) is 24.0 Å². The van der Waals surface area contributed by atoms with Crippen LogP contribution in [0.15, 0.2) is 59.6 Å². The van der Waals surface area contributed by atoms with Crippen LogP contribution >= 0.6 is 24.0 Å². The molecule has 1 fully saturated rings. The van der Waals surface area contributed by atoms with E-state index in [0.29, 0.717) is 6.54 Å². The van der Waals surface area contributed by atoms with Crippen LogP contribution in [-0.2, 0) is 6.54 Å². The van der Waals surface area contributed by atoms with Crippen molar-refractivity contribution in [3.63, 3.8) is 0 Å². The maximum absolute atomic E-state index is 9.59. The Labute approximate surface area is 172 Å². The summed E-state index contributed by atoms with van der Waals surface area (Å²) in [5.41, 5.74) is 2.29. The third kappa shape index (κ3) is 5.52. The van der Waals surface area contributed by atoms with Crippen LogP contribution < -0.4 is 10.2 Å². The second-order valence-corrected chi connectivity index (χ2v) is 6.15. The molecule has 0 spiro atoms. The van der Waals surface area contributed by atoms with E-state index >= 15 is 0 Å². The number of hydrogen-bond acceptors (Lipinski definition) is 3. The first-order chi connectivity index (χ1) is 12.3. The molecule has 3 rings (SSSR count). The van der Waals surface area contributed by atoms with Crippen LogP contribution in [0.2, 0.25) is 0 Å². The van der Waals surface area contributed by atoms with E-state index < -0.39 is 0 Å². The number of rotatable bonds is 4. The Morgan fingerprint density at radius 1 is 1.04 bits per heavy atom. The standard InChI is InChI=1S/C20H26N4O.HI/c1-2-21-20(22-16-17-7-6-10-19(25)15-17)24-13-11-23(12-14-24)18-8-4-3-5-9-18;/h3-10,15,25H,2,11-14,16H2,1H3,(H,21,22);1H. The molecule has 2 aromatic carbocycles. The van der Waals surface area contributed by atoms with Gasteiger partial charge in [-0.1, -0.05) is 30.3 Å². The molecule has 0 aromatic heterocycles. The van der Waals surface area contributed by atoms with Crippen LogP contribution in [0.3, 0.4) is 0 Å². The molecule has 0 aliphatic carbocycles. The van der Waals surface area contributed by atoms with E-state index in [1.54, 1.807) is 12.1 Å². The van der Waals surface area contributed by atoms with E-state index in [1.165, 1.54) is 5.69 Å². The fraction of sp³-hybridized carbons (Fsp3) is 0.350. The Balaban J connectivity index is 0.00000243. The van der Waals surface area contributed by atoms with Gasteiger partial charge in [0, 0.05) is 38.4 Å². The second kappa shape index (κ2) is 10.3. The molecule has 0 radical (unpaired) electrons. The molecule has 0 bridgehead atoms. The number of nitrogens with zero attached hydrogens (tertiary/aromatic N) is 3. The summed E-state index contributed by atoms with van der Waals surface area (Å²) >= 11 is 0. The molecule has 0 amide bonds. The Bertz CT molecular complexity index is 700. The Kier molecular flexibility index (Phi) is 8.03. The van der Waals surface area contributed by atoms with Gasteiger partial charge in [-0.05, 0) is 36.8 Å². The molecule has 1 aliphatic rings. The maximum atomic E-state index is 9.59. The van der Waals surface area contributed by atoms with E-state index in [2.05, 4.69) is 52.4 Å². The van der Waals surface area contributed by atoms with Gasteiger partial charge in [0.15, 0.2) is 5.96 Å². The summed E-state index contributed by atoms with van der Waals surface area (Å²) in [5.74, 6) is 1.23. The highest BCUT2D eigenvalue weighted by molar-refractivity contribution is 14.0. The van der Waals surface area contributed by atoms with E-state index in [9.17, 15) is 5.11 Å². The van der Waals surface area contributed by atoms with Gasteiger partial charge in [-0.25, -0.2) is 4.99 Å². The van der Waals surface area contributed by atoms with E-state index in [0.717, 1.165) is 44.2 Å². The first-order valence-corrected chi connectivity index (χ1v) is 8.87. The predicted octanol–water partition coefficient (Wildman–Crippen LogP) is 3.30. The Morgan fingerprint density at radius 3 is 2.42 bits per heavy atom. The predicted molar refractivity (Wildman–Crippen MR) is 119 cm³/mol. The molecule has 0 atom stereocenters. The molecular formula is C20H27IN4O. The maximum Gasteiger partial charge on any atom is 0.194 e. The fourth-order valence-corrected chi connectivity index (χ4v) is 3.06. The van der Waals surface area contributed by atoms with Crippen LogP contribution in [0.5, 0.6) is 5.75 Å². The van der Waals surface area contributed by atoms with Crippen molar-refractivity contribution in [1.29, 1.82) is 0 Å². The SMILES string of the molecule is CCNC(=NCc1cccc(O)c1)N1CCN(c2ccccc2)CC1.I. The summed E-state index contributed by atoms with van der Waals surface area (Å²) in [4.78, 5) is 9.47. The highest BCUT2D eigenvalue weighted by atomic mass is 127. The van der Waals surface area contributed by atoms with Gasteiger partial charge in [0.25, 0.3) is 0 Å². The third-order valence-corrected chi connectivity index (χ3v) is 4.36. The molecule has 1 saturated heterocycles. The van der Waals surface area contributed by atoms with Gasteiger partial charge in [-0.3, -0.25) is 0 Å². The van der Waals surface area contributed by atoms with Gasteiger partial charge in [0.2, 0.25) is 0 Å². The average molecular weight is 466 g/mol. The van der Waals surface area contributed by atoms with Crippen molar-refractivity contribution in [2.75, 3.05) is 37.6 Å². The lowest BCUT2D eigenvalue weighted by atomic mass is 10.2. The van der Waals surface area contributed by atoms with Crippen molar-refractivity contribution >= 4 is 35.6 Å². The minimum atomic E-state index is 0.